The van der Waals surface area contributed by atoms with Crippen LogP contribution in [-0.4, -0.2) is 12.1 Å². The Bertz CT molecular complexity index is 708. The molecule has 1 aromatic carbocycles. The van der Waals surface area contributed by atoms with Gasteiger partial charge in [-0.05, 0) is 29.1 Å². The van der Waals surface area contributed by atoms with Crippen molar-refractivity contribution in [1.82, 2.24) is 4.98 Å². The SMILES string of the molecule is COc1ccsc1C(N)c1ccc2cccnc2c1. The Morgan fingerprint density at radius 2 is 2.16 bits per heavy atom. The van der Waals surface area contributed by atoms with Crippen LogP contribution in [0.4, 0.5) is 0 Å². The molecule has 0 fully saturated rings. The summed E-state index contributed by atoms with van der Waals surface area (Å²) in [5.41, 5.74) is 8.34. The van der Waals surface area contributed by atoms with Gasteiger partial charge in [-0.25, -0.2) is 0 Å². The number of nitrogens with two attached hydrogens (primary N) is 1. The fourth-order valence-corrected chi connectivity index (χ4v) is 3.02. The molecule has 1 atom stereocenters. The Morgan fingerprint density at radius 3 is 3.00 bits per heavy atom. The van der Waals surface area contributed by atoms with Crippen molar-refractivity contribution in [3.8, 4) is 5.75 Å². The topological polar surface area (TPSA) is 48.1 Å². The summed E-state index contributed by atoms with van der Waals surface area (Å²) < 4.78 is 5.33. The molecule has 0 amide bonds. The minimum absolute atomic E-state index is 0.179. The molecule has 19 heavy (non-hydrogen) atoms. The molecule has 3 nitrogen and oxygen atoms in total. The molecule has 0 saturated carbocycles. The number of methoxy groups -OCH3 is 1. The number of hydrogen-bond donors (Lipinski definition) is 1. The summed E-state index contributed by atoms with van der Waals surface area (Å²) in [5, 5.41) is 3.12. The molecule has 0 bridgehead atoms. The van der Waals surface area contributed by atoms with E-state index in [1.54, 1.807) is 24.6 Å². The Balaban J connectivity index is 2.04. The minimum atomic E-state index is -0.179. The highest BCUT2D eigenvalue weighted by molar-refractivity contribution is 7.10. The second-order valence-electron chi connectivity index (χ2n) is 4.29. The van der Waals surface area contributed by atoms with Gasteiger partial charge in [0, 0.05) is 11.6 Å². The van der Waals surface area contributed by atoms with Gasteiger partial charge >= 0.3 is 0 Å². The summed E-state index contributed by atoms with van der Waals surface area (Å²) >= 11 is 1.61. The van der Waals surface area contributed by atoms with E-state index >= 15 is 0 Å². The van der Waals surface area contributed by atoms with Crippen LogP contribution in [0, 0.1) is 0 Å². The first-order valence-corrected chi connectivity index (χ1v) is 6.89. The standard InChI is InChI=1S/C15H14N2OS/c1-18-13-6-8-19-15(13)14(16)11-5-4-10-3-2-7-17-12(10)9-11/h2-9,14H,16H2,1H3. The Kier molecular flexibility index (Phi) is 3.19. The summed E-state index contributed by atoms with van der Waals surface area (Å²) in [6.45, 7) is 0. The van der Waals surface area contributed by atoms with Crippen molar-refractivity contribution >= 4 is 22.2 Å². The Morgan fingerprint density at radius 1 is 1.26 bits per heavy atom. The van der Waals surface area contributed by atoms with E-state index in [9.17, 15) is 0 Å². The molecule has 0 saturated heterocycles. The number of nitrogens with zero attached hydrogens (tertiary/aromatic N) is 1. The highest BCUT2D eigenvalue weighted by Crippen LogP contribution is 2.33. The predicted octanol–water partition coefficient (Wildman–Crippen LogP) is 3.35. The van der Waals surface area contributed by atoms with Gasteiger partial charge in [0.15, 0.2) is 0 Å². The zero-order valence-electron chi connectivity index (χ0n) is 10.5. The smallest absolute Gasteiger partial charge is 0.134 e. The number of fused-ring (bicyclic) bond motifs is 1. The van der Waals surface area contributed by atoms with E-state index < -0.39 is 0 Å². The molecular weight excluding hydrogens is 256 g/mol. The van der Waals surface area contributed by atoms with Crippen LogP contribution < -0.4 is 10.5 Å². The average Bonchev–Trinajstić information content (AvgIpc) is 2.94. The second-order valence-corrected chi connectivity index (χ2v) is 5.23. The number of rotatable bonds is 3. The lowest BCUT2D eigenvalue weighted by Crippen LogP contribution is -2.11. The van der Waals surface area contributed by atoms with E-state index in [1.165, 1.54) is 0 Å². The lowest BCUT2D eigenvalue weighted by molar-refractivity contribution is 0.411. The van der Waals surface area contributed by atoms with Crippen LogP contribution in [0.15, 0.2) is 48.0 Å². The van der Waals surface area contributed by atoms with Gasteiger partial charge in [-0.1, -0.05) is 18.2 Å². The number of thiophene rings is 1. The van der Waals surface area contributed by atoms with Crippen molar-refractivity contribution in [2.45, 2.75) is 6.04 Å². The monoisotopic (exact) mass is 270 g/mol. The molecule has 0 aliphatic rings. The third-order valence-corrected chi connectivity index (χ3v) is 4.13. The lowest BCUT2D eigenvalue weighted by atomic mass is 10.0. The zero-order valence-corrected chi connectivity index (χ0v) is 11.4. The number of hydrogen-bond acceptors (Lipinski definition) is 4. The number of pyridine rings is 1. The second kappa shape index (κ2) is 4.99. The van der Waals surface area contributed by atoms with Crippen molar-refractivity contribution in [2.24, 2.45) is 5.73 Å². The zero-order chi connectivity index (χ0) is 13.2. The third kappa shape index (κ3) is 2.20. The van der Waals surface area contributed by atoms with Gasteiger partial charge in [-0.2, -0.15) is 0 Å². The van der Waals surface area contributed by atoms with Gasteiger partial charge in [0.1, 0.15) is 5.75 Å². The van der Waals surface area contributed by atoms with Gasteiger partial charge in [-0.15, -0.1) is 11.3 Å². The average molecular weight is 270 g/mol. The van der Waals surface area contributed by atoms with Crippen molar-refractivity contribution in [3.63, 3.8) is 0 Å². The van der Waals surface area contributed by atoms with Crippen molar-refractivity contribution in [1.29, 1.82) is 0 Å². The van der Waals surface area contributed by atoms with E-state index in [4.69, 9.17) is 10.5 Å². The molecule has 0 aliphatic heterocycles. The number of ether oxygens (including phenoxy) is 1. The highest BCUT2D eigenvalue weighted by Gasteiger charge is 2.15. The first-order valence-electron chi connectivity index (χ1n) is 6.01. The van der Waals surface area contributed by atoms with Crippen LogP contribution in [0.2, 0.25) is 0 Å². The molecule has 1 unspecified atom stereocenters. The minimum Gasteiger partial charge on any atom is -0.496 e. The maximum absolute atomic E-state index is 6.33. The van der Waals surface area contributed by atoms with E-state index in [0.29, 0.717) is 0 Å². The first kappa shape index (κ1) is 12.1. The molecular formula is C15H14N2OS. The van der Waals surface area contributed by atoms with Gasteiger partial charge in [0.25, 0.3) is 0 Å². The maximum atomic E-state index is 6.33. The van der Waals surface area contributed by atoms with E-state index in [1.807, 2.05) is 35.7 Å². The molecule has 2 N–H and O–H groups in total. The van der Waals surface area contributed by atoms with Crippen LogP contribution in [0.5, 0.6) is 5.75 Å². The number of benzene rings is 1. The van der Waals surface area contributed by atoms with Crippen molar-refractivity contribution in [2.75, 3.05) is 7.11 Å². The molecule has 0 spiro atoms. The molecule has 3 rings (SSSR count). The summed E-state index contributed by atoms with van der Waals surface area (Å²) in [6.07, 6.45) is 1.80. The van der Waals surface area contributed by atoms with Crippen molar-refractivity contribution < 1.29 is 4.74 Å². The fourth-order valence-electron chi connectivity index (χ4n) is 2.13. The van der Waals surface area contributed by atoms with Crippen LogP contribution in [0.1, 0.15) is 16.5 Å². The first-order chi connectivity index (χ1) is 9.29. The molecule has 2 aromatic heterocycles. The maximum Gasteiger partial charge on any atom is 0.134 e. The molecule has 2 heterocycles. The summed E-state index contributed by atoms with van der Waals surface area (Å²) in [4.78, 5) is 5.40. The lowest BCUT2D eigenvalue weighted by Gasteiger charge is -2.13. The Labute approximate surface area is 115 Å². The molecule has 0 aliphatic carbocycles. The van der Waals surface area contributed by atoms with Crippen LogP contribution in [0.3, 0.4) is 0 Å². The van der Waals surface area contributed by atoms with Crippen LogP contribution >= 0.6 is 11.3 Å². The van der Waals surface area contributed by atoms with Gasteiger partial charge in [0.05, 0.1) is 23.5 Å². The van der Waals surface area contributed by atoms with Crippen LogP contribution in [0.25, 0.3) is 10.9 Å². The van der Waals surface area contributed by atoms with Crippen molar-refractivity contribution in [3.05, 3.63) is 58.4 Å². The molecule has 3 aromatic rings. The summed E-state index contributed by atoms with van der Waals surface area (Å²) in [5.74, 6) is 0.846. The number of aromatic nitrogens is 1. The van der Waals surface area contributed by atoms with Gasteiger partial charge in [-0.3, -0.25) is 4.98 Å². The van der Waals surface area contributed by atoms with Crippen LogP contribution in [-0.2, 0) is 0 Å². The molecule has 96 valence electrons. The summed E-state index contributed by atoms with van der Waals surface area (Å²) in [7, 11) is 1.67. The normalized spacial score (nSPS) is 12.5. The Hall–Kier alpha value is -1.91. The quantitative estimate of drug-likeness (QED) is 0.794. The van der Waals surface area contributed by atoms with Gasteiger partial charge < -0.3 is 10.5 Å². The summed E-state index contributed by atoms with van der Waals surface area (Å²) in [6, 6.07) is 11.9. The van der Waals surface area contributed by atoms with Gasteiger partial charge in [0.2, 0.25) is 0 Å². The van der Waals surface area contributed by atoms with E-state index in [0.717, 1.165) is 27.1 Å². The largest absolute Gasteiger partial charge is 0.496 e. The van der Waals surface area contributed by atoms with E-state index in [2.05, 4.69) is 11.1 Å². The molecule has 0 radical (unpaired) electrons. The molecule has 4 heteroatoms. The fraction of sp³-hybridized carbons (Fsp3) is 0.133. The highest BCUT2D eigenvalue weighted by atomic mass is 32.1. The third-order valence-electron chi connectivity index (χ3n) is 3.15. The predicted molar refractivity (Wildman–Crippen MR) is 78.6 cm³/mol. The van der Waals surface area contributed by atoms with E-state index in [-0.39, 0.29) is 6.04 Å².